The Morgan fingerprint density at radius 3 is 2.23 bits per heavy atom. The predicted octanol–water partition coefficient (Wildman–Crippen LogP) is 7.47. The predicted molar refractivity (Wildman–Crippen MR) is 115 cm³/mol. The van der Waals surface area contributed by atoms with E-state index in [0.717, 1.165) is 17.0 Å². The molecular weight excluding hydrogens is 554 g/mol. The summed E-state index contributed by atoms with van der Waals surface area (Å²) in [5.41, 5.74) is -1.58. The highest BCUT2D eigenvalue weighted by Crippen LogP contribution is 2.33. The number of ether oxygens (including phenoxy) is 1. The van der Waals surface area contributed by atoms with Crippen LogP contribution in [0.1, 0.15) is 11.1 Å². The van der Waals surface area contributed by atoms with Crippen molar-refractivity contribution in [2.75, 3.05) is 11.4 Å². The van der Waals surface area contributed by atoms with E-state index in [1.54, 1.807) is 0 Å². The van der Waals surface area contributed by atoms with Gasteiger partial charge in [0.1, 0.15) is 11.6 Å². The van der Waals surface area contributed by atoms with Crippen LogP contribution in [0, 0.1) is 11.6 Å². The van der Waals surface area contributed by atoms with E-state index < -0.39 is 48.7 Å². The molecule has 0 aliphatic carbocycles. The first-order valence-corrected chi connectivity index (χ1v) is 10.6. The molecule has 0 aliphatic rings. The van der Waals surface area contributed by atoms with E-state index in [9.17, 15) is 40.2 Å². The van der Waals surface area contributed by atoms with Gasteiger partial charge in [0.05, 0.1) is 12.1 Å². The molecule has 188 valence electrons. The average molecular weight is 570 g/mol. The Morgan fingerprint density at radius 2 is 1.60 bits per heavy atom. The Labute approximate surface area is 202 Å². The zero-order valence-electron chi connectivity index (χ0n) is 17.5. The summed E-state index contributed by atoms with van der Waals surface area (Å²) in [4.78, 5) is 0.925. The molecule has 12 heteroatoms. The van der Waals surface area contributed by atoms with Crippen LogP contribution in [0.5, 0.6) is 11.5 Å². The van der Waals surface area contributed by atoms with Gasteiger partial charge in [0, 0.05) is 28.3 Å². The Hall–Kier alpha value is -2.86. The molecule has 1 N–H and O–H groups in total. The third kappa shape index (κ3) is 7.07. The number of halogens is 9. The summed E-state index contributed by atoms with van der Waals surface area (Å²) < 4.78 is 112. The average Bonchev–Trinajstić information content (AvgIpc) is 2.76. The lowest BCUT2D eigenvalue weighted by Gasteiger charge is -2.29. The van der Waals surface area contributed by atoms with Gasteiger partial charge in [-0.3, -0.25) is 0 Å². The molecule has 1 atom stereocenters. The molecule has 0 saturated heterocycles. The maximum absolute atomic E-state index is 14.4. The molecule has 0 bridgehead atoms. The summed E-state index contributed by atoms with van der Waals surface area (Å²) in [6, 6.07) is 10.8. The molecule has 0 aromatic heterocycles. The van der Waals surface area contributed by atoms with Crippen LogP contribution in [-0.4, -0.2) is 23.9 Å². The highest BCUT2D eigenvalue weighted by molar-refractivity contribution is 9.10. The molecule has 0 fully saturated rings. The van der Waals surface area contributed by atoms with Gasteiger partial charge >= 0.3 is 12.4 Å². The molecule has 0 radical (unpaired) electrons. The number of aliphatic hydroxyl groups excluding tert-OH is 1. The quantitative estimate of drug-likeness (QED) is 0.300. The SMILES string of the molecule is O[C@H](CN(Cc1ccc(C(F)(F)F)cc1F)c1cccc(Oc2cc(Br)ccc2F)c1)C(F)(F)F. The second-order valence-electron chi connectivity index (χ2n) is 7.42. The summed E-state index contributed by atoms with van der Waals surface area (Å²) in [6.07, 6.45) is -12.7. The molecule has 3 aromatic carbocycles. The van der Waals surface area contributed by atoms with Crippen LogP contribution >= 0.6 is 15.9 Å². The minimum Gasteiger partial charge on any atom is -0.454 e. The molecule has 0 spiro atoms. The van der Waals surface area contributed by atoms with Gasteiger partial charge in [-0.05, 0) is 42.5 Å². The molecule has 0 heterocycles. The highest BCUT2D eigenvalue weighted by atomic mass is 79.9. The van der Waals surface area contributed by atoms with Gasteiger partial charge in [0.2, 0.25) is 0 Å². The number of hydrogen-bond acceptors (Lipinski definition) is 3. The van der Waals surface area contributed by atoms with Gasteiger partial charge in [-0.15, -0.1) is 0 Å². The number of alkyl halides is 6. The molecule has 3 nitrogen and oxygen atoms in total. The third-order valence-electron chi connectivity index (χ3n) is 4.82. The fourth-order valence-electron chi connectivity index (χ4n) is 3.06. The smallest absolute Gasteiger partial charge is 0.416 e. The second kappa shape index (κ2) is 10.4. The van der Waals surface area contributed by atoms with Gasteiger partial charge in [-0.2, -0.15) is 26.3 Å². The molecular formula is C23H16BrF8NO2. The Balaban J connectivity index is 1.94. The molecule has 0 saturated carbocycles. The van der Waals surface area contributed by atoms with Crippen molar-refractivity contribution in [3.63, 3.8) is 0 Å². The molecule has 3 aromatic rings. The lowest BCUT2D eigenvalue weighted by Crippen LogP contribution is -2.41. The van der Waals surface area contributed by atoms with Gasteiger partial charge < -0.3 is 14.7 Å². The van der Waals surface area contributed by atoms with Crippen molar-refractivity contribution < 1.29 is 45.0 Å². The first-order valence-electron chi connectivity index (χ1n) is 9.82. The van der Waals surface area contributed by atoms with E-state index in [4.69, 9.17) is 4.74 Å². The molecule has 0 aliphatic heterocycles. The van der Waals surface area contributed by atoms with Crippen molar-refractivity contribution in [1.29, 1.82) is 0 Å². The van der Waals surface area contributed by atoms with Crippen molar-refractivity contribution in [3.05, 3.63) is 87.9 Å². The summed E-state index contributed by atoms with van der Waals surface area (Å²) in [5, 5.41) is 9.59. The zero-order valence-corrected chi connectivity index (χ0v) is 19.1. The largest absolute Gasteiger partial charge is 0.454 e. The minimum atomic E-state index is -5.01. The summed E-state index contributed by atoms with van der Waals surface area (Å²) >= 11 is 3.16. The minimum absolute atomic E-state index is 0.0129. The van der Waals surface area contributed by atoms with Crippen LogP contribution < -0.4 is 9.64 Å². The monoisotopic (exact) mass is 569 g/mol. The van der Waals surface area contributed by atoms with Gasteiger partial charge in [-0.25, -0.2) is 8.78 Å². The van der Waals surface area contributed by atoms with Crippen molar-refractivity contribution in [1.82, 2.24) is 0 Å². The lowest BCUT2D eigenvalue weighted by molar-refractivity contribution is -0.200. The molecule has 35 heavy (non-hydrogen) atoms. The summed E-state index contributed by atoms with van der Waals surface area (Å²) in [5.74, 6) is -2.17. The maximum Gasteiger partial charge on any atom is 0.416 e. The maximum atomic E-state index is 14.4. The number of anilines is 1. The zero-order chi connectivity index (χ0) is 26.0. The highest BCUT2D eigenvalue weighted by Gasteiger charge is 2.39. The van der Waals surface area contributed by atoms with Gasteiger partial charge in [0.15, 0.2) is 17.7 Å². The fourth-order valence-corrected chi connectivity index (χ4v) is 3.40. The Bertz CT molecular complexity index is 1180. The van der Waals surface area contributed by atoms with Gasteiger partial charge in [-0.1, -0.05) is 28.1 Å². The van der Waals surface area contributed by atoms with Crippen LogP contribution in [0.2, 0.25) is 0 Å². The standard InChI is InChI=1S/C23H16BrF8NO2/c24-15-6-7-18(25)20(9-15)35-17-3-1-2-16(10-17)33(12-21(34)23(30,31)32)11-13-4-5-14(8-19(13)26)22(27,28)29/h1-10,21,34H,11-12H2/t21-/m1/s1. The first kappa shape index (κ1) is 26.7. The van der Waals surface area contributed by atoms with E-state index in [0.29, 0.717) is 10.5 Å². The van der Waals surface area contributed by atoms with E-state index in [1.165, 1.54) is 36.4 Å². The third-order valence-corrected chi connectivity index (χ3v) is 5.31. The van der Waals surface area contributed by atoms with Crippen molar-refractivity contribution in [2.24, 2.45) is 0 Å². The Kier molecular flexibility index (Phi) is 7.95. The van der Waals surface area contributed by atoms with Crippen LogP contribution in [0.25, 0.3) is 0 Å². The summed E-state index contributed by atoms with van der Waals surface area (Å²) in [7, 11) is 0. The number of hydrogen-bond donors (Lipinski definition) is 1. The van der Waals surface area contributed by atoms with E-state index >= 15 is 0 Å². The van der Waals surface area contributed by atoms with Gasteiger partial charge in [0.25, 0.3) is 0 Å². The Morgan fingerprint density at radius 1 is 0.886 bits per heavy atom. The molecule has 0 unspecified atom stereocenters. The van der Waals surface area contributed by atoms with E-state index in [2.05, 4.69) is 15.9 Å². The van der Waals surface area contributed by atoms with Crippen molar-refractivity contribution in [3.8, 4) is 11.5 Å². The number of aliphatic hydroxyl groups is 1. The number of rotatable bonds is 7. The number of benzene rings is 3. The fraction of sp³-hybridized carbons (Fsp3) is 0.217. The normalized spacial score (nSPS) is 13.0. The van der Waals surface area contributed by atoms with Crippen molar-refractivity contribution in [2.45, 2.75) is 25.0 Å². The summed E-state index contributed by atoms with van der Waals surface area (Å²) in [6.45, 7) is -1.66. The van der Waals surface area contributed by atoms with Crippen LogP contribution in [0.15, 0.2) is 65.1 Å². The van der Waals surface area contributed by atoms with Crippen molar-refractivity contribution >= 4 is 21.6 Å². The van der Waals surface area contributed by atoms with E-state index in [-0.39, 0.29) is 28.8 Å². The van der Waals surface area contributed by atoms with Crippen LogP contribution in [0.4, 0.5) is 40.8 Å². The first-order chi connectivity index (χ1) is 16.2. The second-order valence-corrected chi connectivity index (χ2v) is 8.33. The van der Waals surface area contributed by atoms with Crippen LogP contribution in [-0.2, 0) is 12.7 Å². The topological polar surface area (TPSA) is 32.7 Å². The van der Waals surface area contributed by atoms with E-state index in [1.807, 2.05) is 0 Å². The molecule has 3 rings (SSSR count). The molecule has 0 amide bonds. The lowest BCUT2D eigenvalue weighted by atomic mass is 10.1. The van der Waals surface area contributed by atoms with Crippen LogP contribution in [0.3, 0.4) is 0 Å². The number of nitrogens with zero attached hydrogens (tertiary/aromatic N) is 1.